The van der Waals surface area contributed by atoms with Crippen molar-refractivity contribution in [2.45, 2.75) is 13.8 Å². The van der Waals surface area contributed by atoms with Crippen molar-refractivity contribution in [1.82, 2.24) is 15.6 Å². The highest BCUT2D eigenvalue weighted by atomic mass is 16.5. The van der Waals surface area contributed by atoms with E-state index in [9.17, 15) is 9.90 Å². The number of nitrogens with zero attached hydrogens (tertiary/aromatic N) is 2. The van der Waals surface area contributed by atoms with Crippen LogP contribution >= 0.6 is 0 Å². The maximum Gasteiger partial charge on any atom is 0.289 e. The van der Waals surface area contributed by atoms with Crippen LogP contribution in [0.15, 0.2) is 47.6 Å². The Balaban J connectivity index is 1.70. The molecule has 0 aliphatic heterocycles. The fraction of sp³-hybridized carbons (Fsp3) is 0.150. The van der Waals surface area contributed by atoms with Gasteiger partial charge in [-0.1, -0.05) is 18.2 Å². The molecule has 3 rings (SSSR count). The predicted octanol–water partition coefficient (Wildman–Crippen LogP) is 3.17. The molecule has 7 nitrogen and oxygen atoms in total. The molecule has 1 heterocycles. The van der Waals surface area contributed by atoms with E-state index in [1.54, 1.807) is 24.3 Å². The van der Waals surface area contributed by atoms with Crippen LogP contribution in [0.2, 0.25) is 0 Å². The van der Waals surface area contributed by atoms with Crippen molar-refractivity contribution in [3.8, 4) is 22.8 Å². The molecular formula is C20H20N4O3. The Kier molecular flexibility index (Phi) is 5.21. The minimum absolute atomic E-state index is 0.0448. The lowest BCUT2D eigenvalue weighted by atomic mass is 10.0. The van der Waals surface area contributed by atoms with Crippen molar-refractivity contribution in [2.75, 3.05) is 7.11 Å². The lowest BCUT2D eigenvalue weighted by molar-refractivity contribution is 0.0950. The number of carbonyl (C=O) groups is 1. The highest BCUT2D eigenvalue weighted by Gasteiger charge is 2.11. The second-order valence-electron chi connectivity index (χ2n) is 6.06. The van der Waals surface area contributed by atoms with Gasteiger partial charge in [-0.3, -0.25) is 9.89 Å². The molecule has 0 saturated heterocycles. The molecule has 0 fully saturated rings. The van der Waals surface area contributed by atoms with Crippen LogP contribution in [0.5, 0.6) is 11.5 Å². The maximum absolute atomic E-state index is 12.2. The standard InChI is InChI=1S/C20H20N4O3/c1-12-7-8-14(9-13(12)2)16-10-17(23-22-16)20(26)24-21-11-15-5-4-6-18(27-3)19(15)25/h4-11,25H,1-3H3,(H,22,23)(H,24,26)/b21-11+. The van der Waals surface area contributed by atoms with Gasteiger partial charge >= 0.3 is 0 Å². The molecule has 1 amide bonds. The molecule has 1 aromatic heterocycles. The molecule has 0 atom stereocenters. The number of carbonyl (C=O) groups excluding carboxylic acids is 1. The first-order valence-corrected chi connectivity index (χ1v) is 8.32. The monoisotopic (exact) mass is 364 g/mol. The summed E-state index contributed by atoms with van der Waals surface area (Å²) in [4.78, 5) is 12.2. The number of amides is 1. The summed E-state index contributed by atoms with van der Waals surface area (Å²) in [7, 11) is 1.46. The molecule has 0 unspecified atom stereocenters. The quantitative estimate of drug-likeness (QED) is 0.478. The summed E-state index contributed by atoms with van der Waals surface area (Å²) in [6.45, 7) is 4.07. The predicted molar refractivity (Wildman–Crippen MR) is 103 cm³/mol. The van der Waals surface area contributed by atoms with E-state index < -0.39 is 5.91 Å². The molecule has 0 bridgehead atoms. The first-order chi connectivity index (χ1) is 13.0. The van der Waals surface area contributed by atoms with Gasteiger partial charge in [0.15, 0.2) is 11.5 Å². The van der Waals surface area contributed by atoms with Gasteiger partial charge in [0.05, 0.1) is 19.0 Å². The summed E-state index contributed by atoms with van der Waals surface area (Å²) in [5, 5.41) is 20.8. The van der Waals surface area contributed by atoms with E-state index >= 15 is 0 Å². The maximum atomic E-state index is 12.2. The zero-order valence-electron chi connectivity index (χ0n) is 15.3. The number of benzene rings is 2. The fourth-order valence-corrected chi connectivity index (χ4v) is 2.52. The van der Waals surface area contributed by atoms with Crippen LogP contribution in [-0.4, -0.2) is 34.5 Å². The summed E-state index contributed by atoms with van der Waals surface area (Å²) in [5.74, 6) is -0.148. The number of methoxy groups -OCH3 is 1. The second-order valence-corrected chi connectivity index (χ2v) is 6.06. The van der Waals surface area contributed by atoms with Crippen LogP contribution in [0, 0.1) is 13.8 Å². The van der Waals surface area contributed by atoms with Crippen molar-refractivity contribution in [3.05, 3.63) is 64.8 Å². The molecule has 3 aromatic rings. The molecule has 3 N–H and O–H groups in total. The number of aromatic nitrogens is 2. The highest BCUT2D eigenvalue weighted by Crippen LogP contribution is 2.28. The number of aromatic amines is 1. The number of aryl methyl sites for hydroxylation is 2. The normalized spacial score (nSPS) is 10.9. The van der Waals surface area contributed by atoms with Crippen molar-refractivity contribution >= 4 is 12.1 Å². The molecule has 138 valence electrons. The van der Waals surface area contributed by atoms with Gasteiger partial charge < -0.3 is 9.84 Å². The summed E-state index contributed by atoms with van der Waals surface area (Å²) in [5.41, 5.74) is 7.08. The van der Waals surface area contributed by atoms with E-state index in [-0.39, 0.29) is 11.4 Å². The molecule has 0 saturated carbocycles. The number of phenolic OH excluding ortho intramolecular Hbond substituents is 1. The van der Waals surface area contributed by atoms with Gasteiger partial charge in [0.1, 0.15) is 5.69 Å². The van der Waals surface area contributed by atoms with E-state index in [0.717, 1.165) is 11.1 Å². The Hall–Kier alpha value is -3.61. The van der Waals surface area contributed by atoms with Crippen molar-refractivity contribution in [1.29, 1.82) is 0 Å². The van der Waals surface area contributed by atoms with E-state index in [0.29, 0.717) is 17.0 Å². The van der Waals surface area contributed by atoms with Crippen LogP contribution in [-0.2, 0) is 0 Å². The summed E-state index contributed by atoms with van der Waals surface area (Å²) < 4.78 is 5.03. The lowest BCUT2D eigenvalue weighted by Crippen LogP contribution is -2.18. The van der Waals surface area contributed by atoms with Gasteiger partial charge in [-0.25, -0.2) is 5.43 Å². The molecule has 0 aliphatic rings. The van der Waals surface area contributed by atoms with E-state index in [1.165, 1.54) is 18.9 Å². The van der Waals surface area contributed by atoms with E-state index in [4.69, 9.17) is 4.74 Å². The Labute approximate surface area is 156 Å². The molecule has 0 aliphatic carbocycles. The number of ether oxygens (including phenoxy) is 1. The number of hydrogen-bond acceptors (Lipinski definition) is 5. The van der Waals surface area contributed by atoms with Crippen molar-refractivity contribution in [3.63, 3.8) is 0 Å². The second kappa shape index (κ2) is 7.74. The van der Waals surface area contributed by atoms with E-state index in [2.05, 4.69) is 20.7 Å². The fourth-order valence-electron chi connectivity index (χ4n) is 2.52. The van der Waals surface area contributed by atoms with Crippen LogP contribution in [0.3, 0.4) is 0 Å². The summed E-state index contributed by atoms with van der Waals surface area (Å²) in [6.07, 6.45) is 1.34. The highest BCUT2D eigenvalue weighted by molar-refractivity contribution is 5.94. The van der Waals surface area contributed by atoms with E-state index in [1.807, 2.05) is 32.0 Å². The Bertz CT molecular complexity index is 1010. The van der Waals surface area contributed by atoms with Gasteiger partial charge in [0.25, 0.3) is 5.91 Å². The van der Waals surface area contributed by atoms with Crippen LogP contribution in [0.1, 0.15) is 27.2 Å². The van der Waals surface area contributed by atoms with Crippen LogP contribution < -0.4 is 10.2 Å². The van der Waals surface area contributed by atoms with Gasteiger partial charge in [-0.2, -0.15) is 10.2 Å². The number of para-hydroxylation sites is 1. The first-order valence-electron chi connectivity index (χ1n) is 8.32. The Morgan fingerprint density at radius 3 is 2.78 bits per heavy atom. The third kappa shape index (κ3) is 3.98. The van der Waals surface area contributed by atoms with Gasteiger partial charge in [-0.15, -0.1) is 0 Å². The number of hydrogen-bond donors (Lipinski definition) is 3. The number of aromatic hydroxyl groups is 1. The third-order valence-corrected chi connectivity index (χ3v) is 4.25. The van der Waals surface area contributed by atoms with Gasteiger partial charge in [-0.05, 0) is 49.2 Å². The van der Waals surface area contributed by atoms with Gasteiger partial charge in [0.2, 0.25) is 0 Å². The van der Waals surface area contributed by atoms with Crippen molar-refractivity contribution < 1.29 is 14.6 Å². The molecule has 0 radical (unpaired) electrons. The summed E-state index contributed by atoms with van der Waals surface area (Å²) >= 11 is 0. The molecule has 7 heteroatoms. The SMILES string of the molecule is COc1cccc(/C=N/NC(=O)c2cc(-c3ccc(C)c(C)c3)n[nH]2)c1O. The van der Waals surface area contributed by atoms with Crippen LogP contribution in [0.25, 0.3) is 11.3 Å². The minimum Gasteiger partial charge on any atom is -0.504 e. The number of phenols is 1. The first kappa shape index (κ1) is 18.2. The molecule has 27 heavy (non-hydrogen) atoms. The minimum atomic E-state index is -0.434. The molecule has 2 aromatic carbocycles. The molecule has 0 spiro atoms. The number of rotatable bonds is 5. The number of H-pyrrole nitrogens is 1. The number of hydrazone groups is 1. The topological polar surface area (TPSA) is 99.6 Å². The van der Waals surface area contributed by atoms with Crippen molar-refractivity contribution in [2.24, 2.45) is 5.10 Å². The Morgan fingerprint density at radius 2 is 2.04 bits per heavy atom. The zero-order valence-corrected chi connectivity index (χ0v) is 15.3. The summed E-state index contributed by atoms with van der Waals surface area (Å²) in [6, 6.07) is 12.7. The Morgan fingerprint density at radius 1 is 1.22 bits per heavy atom. The average Bonchev–Trinajstić information content (AvgIpc) is 3.15. The third-order valence-electron chi connectivity index (χ3n) is 4.25. The lowest BCUT2D eigenvalue weighted by Gasteiger charge is -2.04. The van der Waals surface area contributed by atoms with Gasteiger partial charge in [0, 0.05) is 11.1 Å². The zero-order chi connectivity index (χ0) is 19.4. The molecular weight excluding hydrogens is 344 g/mol. The number of nitrogens with one attached hydrogen (secondary N) is 2. The smallest absolute Gasteiger partial charge is 0.289 e. The van der Waals surface area contributed by atoms with Crippen LogP contribution in [0.4, 0.5) is 0 Å². The largest absolute Gasteiger partial charge is 0.504 e. The average molecular weight is 364 g/mol.